The summed E-state index contributed by atoms with van der Waals surface area (Å²) in [5.74, 6) is 0. The topological polar surface area (TPSA) is 0 Å². The largest absolute Gasteiger partial charge is 0.135 e. The minimum atomic E-state index is 0.0865. The van der Waals surface area contributed by atoms with Crippen molar-refractivity contribution in [3.63, 3.8) is 0 Å². The minimum Gasteiger partial charge on any atom is -0.135 e. The summed E-state index contributed by atoms with van der Waals surface area (Å²) in [6.45, 7) is 4.69. The third kappa shape index (κ3) is 1.37. The van der Waals surface area contributed by atoms with E-state index < -0.39 is 0 Å². The maximum Gasteiger partial charge on any atom is 0.0361 e. The fourth-order valence-corrected chi connectivity index (χ4v) is 5.12. The highest BCUT2D eigenvalue weighted by atomic mass is 32.1. The third-order valence-electron chi connectivity index (χ3n) is 5.09. The highest BCUT2D eigenvalue weighted by molar-refractivity contribution is 7.25. The summed E-state index contributed by atoms with van der Waals surface area (Å²) in [4.78, 5) is 0. The number of hydrogen-bond acceptors (Lipinski definition) is 1. The van der Waals surface area contributed by atoms with Crippen LogP contribution in [0.25, 0.3) is 31.3 Å². The second-order valence-electron chi connectivity index (χ2n) is 6.63. The van der Waals surface area contributed by atoms with Crippen molar-refractivity contribution in [2.75, 3.05) is 0 Å². The summed E-state index contributed by atoms with van der Waals surface area (Å²) < 4.78 is 2.78. The zero-order chi connectivity index (χ0) is 14.9. The maximum absolute atomic E-state index is 2.35. The molecule has 0 atom stereocenters. The van der Waals surface area contributed by atoms with Gasteiger partial charge in [0, 0.05) is 25.6 Å². The van der Waals surface area contributed by atoms with Crippen LogP contribution in [0.3, 0.4) is 0 Å². The zero-order valence-corrected chi connectivity index (χ0v) is 13.5. The molecule has 0 nitrogen and oxygen atoms in total. The van der Waals surface area contributed by atoms with Crippen molar-refractivity contribution in [2.24, 2.45) is 0 Å². The Hall–Kier alpha value is -2.12. The van der Waals surface area contributed by atoms with Crippen molar-refractivity contribution in [1.29, 1.82) is 0 Å². The lowest BCUT2D eigenvalue weighted by molar-refractivity contribution is 0.661. The monoisotopic (exact) mass is 300 g/mol. The van der Waals surface area contributed by atoms with Crippen LogP contribution in [0.5, 0.6) is 0 Å². The van der Waals surface area contributed by atoms with E-state index in [0.717, 1.165) is 0 Å². The quantitative estimate of drug-likeness (QED) is 0.354. The molecule has 106 valence electrons. The predicted molar refractivity (Wildman–Crippen MR) is 96.9 cm³/mol. The van der Waals surface area contributed by atoms with E-state index in [1.807, 2.05) is 11.3 Å². The van der Waals surface area contributed by atoms with Gasteiger partial charge >= 0.3 is 0 Å². The molecule has 1 aliphatic rings. The smallest absolute Gasteiger partial charge is 0.0361 e. The first-order valence-electron chi connectivity index (χ1n) is 7.72. The van der Waals surface area contributed by atoms with Gasteiger partial charge in [0.05, 0.1) is 0 Å². The highest BCUT2D eigenvalue weighted by Gasteiger charge is 2.36. The highest BCUT2D eigenvalue weighted by Crippen LogP contribution is 2.53. The number of benzene rings is 3. The Morgan fingerprint density at radius 2 is 1.50 bits per heavy atom. The van der Waals surface area contributed by atoms with E-state index in [0.29, 0.717) is 0 Å². The molecule has 0 unspecified atom stereocenters. The average Bonchev–Trinajstić information content (AvgIpc) is 3.02. The van der Waals surface area contributed by atoms with Gasteiger partial charge in [-0.25, -0.2) is 0 Å². The van der Waals surface area contributed by atoms with Crippen LogP contribution in [-0.4, -0.2) is 0 Å². The molecule has 4 aromatic rings. The normalized spacial score (nSPS) is 15.2. The van der Waals surface area contributed by atoms with Gasteiger partial charge in [-0.15, -0.1) is 11.3 Å². The van der Waals surface area contributed by atoms with Gasteiger partial charge in [-0.3, -0.25) is 0 Å². The van der Waals surface area contributed by atoms with Crippen LogP contribution in [0.15, 0.2) is 60.7 Å². The Kier molecular flexibility index (Phi) is 2.26. The molecule has 0 bridgehead atoms. The first kappa shape index (κ1) is 12.4. The van der Waals surface area contributed by atoms with Gasteiger partial charge in [0.15, 0.2) is 0 Å². The van der Waals surface area contributed by atoms with E-state index in [1.54, 1.807) is 0 Å². The Morgan fingerprint density at radius 1 is 0.727 bits per heavy atom. The summed E-state index contributed by atoms with van der Waals surface area (Å²) in [5.41, 5.74) is 5.87. The lowest BCUT2D eigenvalue weighted by atomic mass is 9.82. The van der Waals surface area contributed by atoms with E-state index in [1.165, 1.54) is 42.4 Å². The molecular formula is C21H16S. The second-order valence-corrected chi connectivity index (χ2v) is 7.71. The molecular weight excluding hydrogens is 284 g/mol. The summed E-state index contributed by atoms with van der Waals surface area (Å²) in [7, 11) is 0. The molecule has 0 spiro atoms. The van der Waals surface area contributed by atoms with Crippen LogP contribution in [0.4, 0.5) is 0 Å². The van der Waals surface area contributed by atoms with Crippen LogP contribution >= 0.6 is 11.3 Å². The van der Waals surface area contributed by atoms with E-state index in [4.69, 9.17) is 0 Å². The summed E-state index contributed by atoms with van der Waals surface area (Å²) in [6.07, 6.45) is 0. The first-order chi connectivity index (χ1) is 10.7. The van der Waals surface area contributed by atoms with E-state index in [9.17, 15) is 0 Å². The van der Waals surface area contributed by atoms with E-state index in [-0.39, 0.29) is 5.41 Å². The molecule has 0 amide bonds. The molecule has 0 N–H and O–H groups in total. The molecule has 0 saturated carbocycles. The number of fused-ring (bicyclic) bond motifs is 7. The average molecular weight is 300 g/mol. The second kappa shape index (κ2) is 3.99. The van der Waals surface area contributed by atoms with Crippen molar-refractivity contribution in [3.8, 4) is 11.1 Å². The molecule has 1 heterocycles. The van der Waals surface area contributed by atoms with Gasteiger partial charge in [0.25, 0.3) is 0 Å². The Bertz CT molecular complexity index is 1050. The van der Waals surface area contributed by atoms with Crippen molar-refractivity contribution < 1.29 is 0 Å². The molecule has 0 saturated heterocycles. The lowest BCUT2D eigenvalue weighted by Gasteiger charge is -2.21. The Morgan fingerprint density at radius 3 is 2.41 bits per heavy atom. The molecule has 1 aromatic heterocycles. The van der Waals surface area contributed by atoms with Gasteiger partial charge in [-0.2, -0.15) is 0 Å². The van der Waals surface area contributed by atoms with Crippen molar-refractivity contribution in [1.82, 2.24) is 0 Å². The van der Waals surface area contributed by atoms with Crippen molar-refractivity contribution in [2.45, 2.75) is 19.3 Å². The molecule has 0 radical (unpaired) electrons. The Balaban J connectivity index is 2.06. The fraction of sp³-hybridized carbons (Fsp3) is 0.143. The fourth-order valence-electron chi connectivity index (χ4n) is 4.01. The number of hydrogen-bond donors (Lipinski definition) is 0. The number of thiophene rings is 1. The van der Waals surface area contributed by atoms with Crippen LogP contribution in [0, 0.1) is 0 Å². The Labute approximate surface area is 134 Å². The van der Waals surface area contributed by atoms with Gasteiger partial charge in [-0.1, -0.05) is 62.4 Å². The predicted octanol–water partition coefficient (Wildman–Crippen LogP) is 6.36. The molecule has 3 aromatic carbocycles. The first-order valence-corrected chi connectivity index (χ1v) is 8.54. The maximum atomic E-state index is 2.35. The molecule has 1 heteroatoms. The molecule has 0 fully saturated rings. The number of rotatable bonds is 0. The standard InChI is InChI=1S/C21H16S/c1-21(2)15-9-5-3-7-13(15)19-16(21)11-12-18-20(19)14-8-4-6-10-17(14)22-18/h3-12H,1-2H3. The van der Waals surface area contributed by atoms with E-state index in [2.05, 4.69) is 74.5 Å². The molecule has 0 aliphatic heterocycles. The summed E-state index contributed by atoms with van der Waals surface area (Å²) in [5, 5.41) is 2.84. The van der Waals surface area contributed by atoms with Crippen LogP contribution < -0.4 is 0 Å². The zero-order valence-electron chi connectivity index (χ0n) is 12.7. The van der Waals surface area contributed by atoms with Gasteiger partial charge in [0.2, 0.25) is 0 Å². The van der Waals surface area contributed by atoms with Crippen molar-refractivity contribution >= 4 is 31.5 Å². The van der Waals surface area contributed by atoms with Crippen LogP contribution in [0.2, 0.25) is 0 Å². The summed E-state index contributed by atoms with van der Waals surface area (Å²) in [6, 6.07) is 22.3. The van der Waals surface area contributed by atoms with Gasteiger partial charge in [0.1, 0.15) is 0 Å². The minimum absolute atomic E-state index is 0.0865. The SMILES string of the molecule is CC1(C)c2ccccc2-c2c1ccc1sc3ccccc3c21. The van der Waals surface area contributed by atoms with E-state index >= 15 is 0 Å². The van der Waals surface area contributed by atoms with Gasteiger partial charge in [-0.05, 0) is 34.4 Å². The third-order valence-corrected chi connectivity index (χ3v) is 6.22. The molecule has 5 rings (SSSR count). The molecule has 1 aliphatic carbocycles. The summed E-state index contributed by atoms with van der Waals surface area (Å²) >= 11 is 1.90. The lowest BCUT2D eigenvalue weighted by Crippen LogP contribution is -2.14. The van der Waals surface area contributed by atoms with Crippen LogP contribution in [0.1, 0.15) is 25.0 Å². The molecule has 22 heavy (non-hydrogen) atoms. The van der Waals surface area contributed by atoms with Gasteiger partial charge < -0.3 is 0 Å². The van der Waals surface area contributed by atoms with Crippen LogP contribution in [-0.2, 0) is 5.41 Å². The van der Waals surface area contributed by atoms with Crippen molar-refractivity contribution in [3.05, 3.63) is 71.8 Å².